The molecule has 1 heterocycles. The molecule has 0 aromatic rings. The second kappa shape index (κ2) is 6.75. The molecule has 2 rings (SSSR count). The molecule has 2 N–H and O–H groups in total. The second-order valence-electron chi connectivity index (χ2n) is 7.38. The monoisotopic (exact) mass is 310 g/mol. The third-order valence-electron chi connectivity index (χ3n) is 4.24. The van der Waals surface area contributed by atoms with Crippen LogP contribution < -0.4 is 5.73 Å². The average molecular weight is 310 g/mol. The zero-order valence-corrected chi connectivity index (χ0v) is 14.3. The standard InChI is InChI=1S/C16H30N4O2/c1-16(2,3)22-15(21)20(11-12-5-6-12)13-7-9-19(10-8-13)14(17)18-4/h12-13H,5-11H2,1-4H3,(H2,17,18). The van der Waals surface area contributed by atoms with Gasteiger partial charge in [0.2, 0.25) is 0 Å². The Labute approximate surface area is 133 Å². The van der Waals surface area contributed by atoms with Crippen LogP contribution in [0.4, 0.5) is 4.79 Å². The fraction of sp³-hybridized carbons (Fsp3) is 0.875. The lowest BCUT2D eigenvalue weighted by Gasteiger charge is -2.39. The van der Waals surface area contributed by atoms with E-state index in [4.69, 9.17) is 10.5 Å². The van der Waals surface area contributed by atoms with Gasteiger partial charge in [0, 0.05) is 32.7 Å². The normalized spacial score (nSPS) is 20.9. The predicted octanol–water partition coefficient (Wildman–Crippen LogP) is 2.04. The van der Waals surface area contributed by atoms with Crippen LogP contribution in [0.25, 0.3) is 0 Å². The molecule has 0 spiro atoms. The number of rotatable bonds is 3. The van der Waals surface area contributed by atoms with Crippen molar-refractivity contribution in [2.75, 3.05) is 26.7 Å². The maximum atomic E-state index is 12.5. The fourth-order valence-electron chi connectivity index (χ4n) is 2.82. The summed E-state index contributed by atoms with van der Waals surface area (Å²) in [4.78, 5) is 20.6. The van der Waals surface area contributed by atoms with Gasteiger partial charge in [0.15, 0.2) is 5.96 Å². The molecule has 1 aliphatic carbocycles. The van der Waals surface area contributed by atoms with Crippen molar-refractivity contribution in [3.63, 3.8) is 0 Å². The van der Waals surface area contributed by atoms with Gasteiger partial charge in [-0.2, -0.15) is 0 Å². The van der Waals surface area contributed by atoms with Gasteiger partial charge in [0.25, 0.3) is 0 Å². The number of guanidine groups is 1. The number of nitrogens with zero attached hydrogens (tertiary/aromatic N) is 3. The largest absolute Gasteiger partial charge is 0.444 e. The molecule has 2 aliphatic rings. The number of ether oxygens (including phenoxy) is 1. The summed E-state index contributed by atoms with van der Waals surface area (Å²) in [5.41, 5.74) is 5.43. The van der Waals surface area contributed by atoms with Gasteiger partial charge in [-0.1, -0.05) is 0 Å². The molecule has 0 aromatic heterocycles. The van der Waals surface area contributed by atoms with E-state index in [-0.39, 0.29) is 12.1 Å². The highest BCUT2D eigenvalue weighted by atomic mass is 16.6. The Balaban J connectivity index is 1.96. The molecule has 1 amide bonds. The Bertz CT molecular complexity index is 418. The average Bonchev–Trinajstić information content (AvgIpc) is 3.26. The molecule has 1 saturated heterocycles. The summed E-state index contributed by atoms with van der Waals surface area (Å²) in [6.45, 7) is 8.27. The minimum absolute atomic E-state index is 0.171. The Kier molecular flexibility index (Phi) is 5.19. The lowest BCUT2D eigenvalue weighted by atomic mass is 10.0. The molecule has 0 radical (unpaired) electrons. The molecule has 6 heteroatoms. The molecule has 6 nitrogen and oxygen atoms in total. The van der Waals surface area contributed by atoms with E-state index >= 15 is 0 Å². The number of amides is 1. The number of carbonyl (C=O) groups is 1. The van der Waals surface area contributed by atoms with Gasteiger partial charge in [-0.05, 0) is 52.4 Å². The van der Waals surface area contributed by atoms with Crippen LogP contribution in [-0.4, -0.2) is 60.2 Å². The number of hydrogen-bond donors (Lipinski definition) is 1. The highest BCUT2D eigenvalue weighted by Gasteiger charge is 2.35. The van der Waals surface area contributed by atoms with Gasteiger partial charge in [-0.25, -0.2) is 4.79 Å². The molecule has 2 fully saturated rings. The lowest BCUT2D eigenvalue weighted by Crippen LogP contribution is -2.51. The van der Waals surface area contributed by atoms with Crippen LogP contribution in [0.15, 0.2) is 4.99 Å². The number of nitrogens with two attached hydrogens (primary N) is 1. The minimum atomic E-state index is -0.446. The Hall–Kier alpha value is -1.46. The van der Waals surface area contributed by atoms with Crippen LogP contribution in [0.2, 0.25) is 0 Å². The quantitative estimate of drug-likeness (QED) is 0.639. The fourth-order valence-corrected chi connectivity index (χ4v) is 2.82. The van der Waals surface area contributed by atoms with Crippen LogP contribution in [-0.2, 0) is 4.74 Å². The van der Waals surface area contributed by atoms with Gasteiger partial charge >= 0.3 is 6.09 Å². The number of likely N-dealkylation sites (tertiary alicyclic amines) is 1. The zero-order valence-electron chi connectivity index (χ0n) is 14.3. The van der Waals surface area contributed by atoms with Crippen LogP contribution in [0.3, 0.4) is 0 Å². The summed E-state index contributed by atoms with van der Waals surface area (Å²) in [6.07, 6.45) is 4.13. The van der Waals surface area contributed by atoms with Gasteiger partial charge < -0.3 is 20.3 Å². The minimum Gasteiger partial charge on any atom is -0.444 e. The first kappa shape index (κ1) is 16.9. The van der Waals surface area contributed by atoms with E-state index in [9.17, 15) is 4.79 Å². The maximum Gasteiger partial charge on any atom is 0.410 e. The molecule has 1 saturated carbocycles. The molecule has 0 bridgehead atoms. The van der Waals surface area contributed by atoms with Gasteiger partial charge in [0.05, 0.1) is 0 Å². The number of piperidine rings is 1. The summed E-state index contributed by atoms with van der Waals surface area (Å²) >= 11 is 0. The molecular formula is C16H30N4O2. The zero-order chi connectivity index (χ0) is 16.3. The highest BCUT2D eigenvalue weighted by Crippen LogP contribution is 2.32. The van der Waals surface area contributed by atoms with Gasteiger partial charge in [-0.3, -0.25) is 4.99 Å². The van der Waals surface area contributed by atoms with Crippen LogP contribution in [0.5, 0.6) is 0 Å². The Morgan fingerprint density at radius 1 is 1.27 bits per heavy atom. The number of aliphatic imine (C=N–C) groups is 1. The molecule has 0 unspecified atom stereocenters. The van der Waals surface area contributed by atoms with E-state index in [1.807, 2.05) is 25.7 Å². The van der Waals surface area contributed by atoms with Crippen molar-refractivity contribution in [2.24, 2.45) is 16.6 Å². The summed E-state index contributed by atoms with van der Waals surface area (Å²) in [5.74, 6) is 1.25. The van der Waals surface area contributed by atoms with E-state index in [0.29, 0.717) is 11.9 Å². The first-order valence-corrected chi connectivity index (χ1v) is 8.27. The Morgan fingerprint density at radius 3 is 2.32 bits per heavy atom. The molecule has 0 atom stereocenters. The van der Waals surface area contributed by atoms with Gasteiger partial charge in [0.1, 0.15) is 5.60 Å². The predicted molar refractivity (Wildman–Crippen MR) is 87.8 cm³/mol. The van der Waals surface area contributed by atoms with E-state index < -0.39 is 5.60 Å². The van der Waals surface area contributed by atoms with Crippen LogP contribution in [0.1, 0.15) is 46.5 Å². The molecule has 1 aliphatic heterocycles. The first-order chi connectivity index (χ1) is 10.3. The van der Waals surface area contributed by atoms with Crippen molar-refractivity contribution in [1.82, 2.24) is 9.80 Å². The van der Waals surface area contributed by atoms with Crippen molar-refractivity contribution in [1.29, 1.82) is 0 Å². The van der Waals surface area contributed by atoms with Crippen molar-refractivity contribution in [3.05, 3.63) is 0 Å². The SMILES string of the molecule is CN=C(N)N1CCC(N(CC2CC2)C(=O)OC(C)(C)C)CC1. The summed E-state index contributed by atoms with van der Waals surface area (Å²) in [5, 5.41) is 0. The highest BCUT2D eigenvalue weighted by molar-refractivity contribution is 5.78. The first-order valence-electron chi connectivity index (χ1n) is 8.27. The van der Waals surface area contributed by atoms with E-state index in [0.717, 1.165) is 32.5 Å². The summed E-state index contributed by atoms with van der Waals surface area (Å²) < 4.78 is 5.60. The van der Waals surface area contributed by atoms with Gasteiger partial charge in [-0.15, -0.1) is 0 Å². The third kappa shape index (κ3) is 4.78. The molecular weight excluding hydrogens is 280 g/mol. The summed E-state index contributed by atoms with van der Waals surface area (Å²) in [7, 11) is 1.71. The smallest absolute Gasteiger partial charge is 0.410 e. The number of hydrogen-bond acceptors (Lipinski definition) is 3. The molecule has 22 heavy (non-hydrogen) atoms. The second-order valence-corrected chi connectivity index (χ2v) is 7.38. The van der Waals surface area contributed by atoms with Crippen molar-refractivity contribution < 1.29 is 9.53 Å². The van der Waals surface area contributed by atoms with Crippen LogP contribution >= 0.6 is 0 Å². The third-order valence-corrected chi connectivity index (χ3v) is 4.24. The molecule has 126 valence electrons. The van der Waals surface area contributed by atoms with Crippen LogP contribution in [0, 0.1) is 5.92 Å². The Morgan fingerprint density at radius 2 is 1.86 bits per heavy atom. The maximum absolute atomic E-state index is 12.5. The van der Waals surface area contributed by atoms with E-state index in [1.165, 1.54) is 12.8 Å². The lowest BCUT2D eigenvalue weighted by molar-refractivity contribution is 0.00935. The topological polar surface area (TPSA) is 71.2 Å². The van der Waals surface area contributed by atoms with E-state index in [1.54, 1.807) is 7.05 Å². The van der Waals surface area contributed by atoms with Crippen molar-refractivity contribution in [2.45, 2.75) is 58.1 Å². The summed E-state index contributed by atoms with van der Waals surface area (Å²) in [6, 6.07) is 0.247. The van der Waals surface area contributed by atoms with Crippen molar-refractivity contribution in [3.8, 4) is 0 Å². The number of carbonyl (C=O) groups excluding carboxylic acids is 1. The van der Waals surface area contributed by atoms with E-state index in [2.05, 4.69) is 9.89 Å². The molecule has 0 aromatic carbocycles. The van der Waals surface area contributed by atoms with Crippen molar-refractivity contribution >= 4 is 12.1 Å².